The number of likely N-dealkylation sites (N-methyl/N-ethyl adjacent to an activating group) is 1. The Morgan fingerprint density at radius 2 is 2.11 bits per heavy atom. The molecule has 152 valence electrons. The van der Waals surface area contributed by atoms with Crippen LogP contribution < -0.4 is 25.4 Å². The van der Waals surface area contributed by atoms with Gasteiger partial charge in [-0.05, 0) is 33.0 Å². The molecule has 0 saturated carbocycles. The molecule has 3 heterocycles. The third-order valence-corrected chi connectivity index (χ3v) is 5.57. The molecule has 3 rings (SSSR count). The van der Waals surface area contributed by atoms with Crippen molar-refractivity contribution in [3.8, 4) is 0 Å². The van der Waals surface area contributed by atoms with Crippen LogP contribution in [0.25, 0.3) is 0 Å². The molecule has 0 spiro atoms. The Labute approximate surface area is 165 Å². The van der Waals surface area contributed by atoms with E-state index in [1.54, 1.807) is 33.0 Å². The van der Waals surface area contributed by atoms with E-state index in [2.05, 4.69) is 16.0 Å². The largest absolute Gasteiger partial charge is 0.337 e. The standard InChI is InChI=1S/C19H28N6O3/c1-11(20-3)16(26)22-15-12(2)24-8-6-7-13-9-14(10-21-19(28)23(4)5)25(17(13)24)18(15)27/h6-8,11-12,14-15,20H,9-10H2,1-5H3,(H-,21,22,26,28)/p+1. The van der Waals surface area contributed by atoms with Crippen LogP contribution in [0.1, 0.15) is 25.5 Å². The maximum Gasteiger partial charge on any atom is 0.336 e. The number of anilines is 1. The van der Waals surface area contributed by atoms with Gasteiger partial charge in [0.1, 0.15) is 12.1 Å². The van der Waals surface area contributed by atoms with E-state index in [4.69, 9.17) is 0 Å². The van der Waals surface area contributed by atoms with Crippen LogP contribution >= 0.6 is 0 Å². The van der Waals surface area contributed by atoms with Gasteiger partial charge in [-0.15, -0.1) is 0 Å². The zero-order chi connectivity index (χ0) is 20.6. The lowest BCUT2D eigenvalue weighted by Crippen LogP contribution is -2.67. The first-order chi connectivity index (χ1) is 13.3. The molecule has 0 bridgehead atoms. The van der Waals surface area contributed by atoms with Gasteiger partial charge in [-0.25, -0.2) is 14.2 Å². The molecule has 0 aromatic carbocycles. The first-order valence-corrected chi connectivity index (χ1v) is 9.55. The fourth-order valence-corrected chi connectivity index (χ4v) is 3.77. The number of urea groups is 1. The van der Waals surface area contributed by atoms with Crippen LogP contribution in [0.4, 0.5) is 10.6 Å². The molecule has 9 nitrogen and oxygen atoms in total. The summed E-state index contributed by atoms with van der Waals surface area (Å²) in [6.45, 7) is 4.03. The Morgan fingerprint density at radius 1 is 1.39 bits per heavy atom. The van der Waals surface area contributed by atoms with Gasteiger partial charge < -0.3 is 20.9 Å². The number of pyridine rings is 1. The molecule has 3 N–H and O–H groups in total. The van der Waals surface area contributed by atoms with E-state index >= 15 is 0 Å². The predicted molar refractivity (Wildman–Crippen MR) is 104 cm³/mol. The van der Waals surface area contributed by atoms with Gasteiger partial charge in [-0.1, -0.05) is 0 Å². The second-order valence-electron chi connectivity index (χ2n) is 7.65. The van der Waals surface area contributed by atoms with Crippen LogP contribution in [0.3, 0.4) is 0 Å². The van der Waals surface area contributed by atoms with E-state index in [0.717, 1.165) is 11.4 Å². The number of nitrogens with zero attached hydrogens (tertiary/aromatic N) is 3. The number of carbonyl (C=O) groups is 3. The van der Waals surface area contributed by atoms with Gasteiger partial charge in [-0.3, -0.25) is 4.79 Å². The third-order valence-electron chi connectivity index (χ3n) is 5.57. The van der Waals surface area contributed by atoms with Crippen molar-refractivity contribution in [3.63, 3.8) is 0 Å². The molecule has 0 fully saturated rings. The van der Waals surface area contributed by atoms with Gasteiger partial charge in [0, 0.05) is 26.1 Å². The van der Waals surface area contributed by atoms with Crippen molar-refractivity contribution in [2.24, 2.45) is 0 Å². The predicted octanol–water partition coefficient (Wildman–Crippen LogP) is -0.830. The average Bonchev–Trinajstić information content (AvgIpc) is 3.05. The van der Waals surface area contributed by atoms with E-state index in [-0.39, 0.29) is 29.9 Å². The monoisotopic (exact) mass is 389 g/mol. The third kappa shape index (κ3) is 3.42. The van der Waals surface area contributed by atoms with Crippen LogP contribution in [-0.2, 0) is 16.0 Å². The van der Waals surface area contributed by atoms with Gasteiger partial charge in [0.2, 0.25) is 5.91 Å². The van der Waals surface area contributed by atoms with E-state index in [1.807, 2.05) is 29.8 Å². The first kappa shape index (κ1) is 20.1. The molecule has 4 unspecified atom stereocenters. The first-order valence-electron chi connectivity index (χ1n) is 9.55. The lowest BCUT2D eigenvalue weighted by molar-refractivity contribution is -0.710. The van der Waals surface area contributed by atoms with Gasteiger partial charge in [0.05, 0.1) is 18.8 Å². The molecule has 2 aliphatic heterocycles. The van der Waals surface area contributed by atoms with Crippen molar-refractivity contribution < 1.29 is 19.0 Å². The highest BCUT2D eigenvalue weighted by atomic mass is 16.2. The number of hydrogen-bond acceptors (Lipinski definition) is 4. The van der Waals surface area contributed by atoms with Crippen LogP contribution in [0.15, 0.2) is 18.3 Å². The topological polar surface area (TPSA) is 97.7 Å². The summed E-state index contributed by atoms with van der Waals surface area (Å²) in [7, 11) is 5.06. The maximum atomic E-state index is 13.4. The Balaban J connectivity index is 1.88. The zero-order valence-corrected chi connectivity index (χ0v) is 17.0. The van der Waals surface area contributed by atoms with Crippen LogP contribution in [0.5, 0.6) is 0 Å². The number of carbonyl (C=O) groups excluding carboxylic acids is 3. The summed E-state index contributed by atoms with van der Waals surface area (Å²) >= 11 is 0. The summed E-state index contributed by atoms with van der Waals surface area (Å²) in [4.78, 5) is 40.9. The maximum absolute atomic E-state index is 13.4. The lowest BCUT2D eigenvalue weighted by Gasteiger charge is -2.33. The number of nitrogens with one attached hydrogen (secondary N) is 3. The van der Waals surface area contributed by atoms with Crippen molar-refractivity contribution in [1.29, 1.82) is 0 Å². The molecule has 4 atom stereocenters. The minimum absolute atomic E-state index is 0.141. The molecule has 0 aliphatic carbocycles. The molecular weight excluding hydrogens is 360 g/mol. The SMILES string of the molecule is CNC(C)C(=O)NC1C(=O)N2c3c(ccc[n+]3C1C)CC2CNC(=O)N(C)C. The quantitative estimate of drug-likeness (QED) is 0.573. The fraction of sp³-hybridized carbons (Fsp3) is 0.579. The highest BCUT2D eigenvalue weighted by Gasteiger charge is 2.53. The van der Waals surface area contributed by atoms with E-state index in [1.165, 1.54) is 4.90 Å². The number of hydrogen-bond donors (Lipinski definition) is 3. The average molecular weight is 389 g/mol. The second-order valence-corrected chi connectivity index (χ2v) is 7.65. The van der Waals surface area contributed by atoms with Crippen molar-refractivity contribution in [3.05, 3.63) is 23.9 Å². The molecule has 0 radical (unpaired) electrons. The summed E-state index contributed by atoms with van der Waals surface area (Å²) < 4.78 is 2.04. The van der Waals surface area contributed by atoms with Crippen molar-refractivity contribution in [2.45, 2.75) is 44.4 Å². The van der Waals surface area contributed by atoms with Gasteiger partial charge in [0.25, 0.3) is 5.82 Å². The number of rotatable bonds is 5. The van der Waals surface area contributed by atoms with Crippen molar-refractivity contribution in [2.75, 3.05) is 32.6 Å². The van der Waals surface area contributed by atoms with E-state index in [9.17, 15) is 14.4 Å². The Hall–Kier alpha value is -2.68. The summed E-state index contributed by atoms with van der Waals surface area (Å²) in [5.41, 5.74) is 1.07. The second kappa shape index (κ2) is 7.75. The van der Waals surface area contributed by atoms with E-state index < -0.39 is 12.1 Å². The molecule has 1 aromatic heterocycles. The molecule has 2 aliphatic rings. The summed E-state index contributed by atoms with van der Waals surface area (Å²) in [6, 6.07) is 2.31. The molecule has 4 amide bonds. The fourth-order valence-electron chi connectivity index (χ4n) is 3.77. The highest BCUT2D eigenvalue weighted by Crippen LogP contribution is 2.34. The van der Waals surface area contributed by atoms with Crippen molar-refractivity contribution >= 4 is 23.7 Å². The van der Waals surface area contributed by atoms with Gasteiger partial charge in [-0.2, -0.15) is 4.90 Å². The van der Waals surface area contributed by atoms with E-state index in [0.29, 0.717) is 13.0 Å². The van der Waals surface area contributed by atoms with Crippen LogP contribution in [0, 0.1) is 0 Å². The smallest absolute Gasteiger partial charge is 0.336 e. The minimum Gasteiger partial charge on any atom is -0.337 e. The normalized spacial score (nSPS) is 23.8. The lowest BCUT2D eigenvalue weighted by atomic mass is 10.0. The number of amides is 4. The van der Waals surface area contributed by atoms with Crippen molar-refractivity contribution in [1.82, 2.24) is 20.9 Å². The molecule has 28 heavy (non-hydrogen) atoms. The molecule has 1 aromatic rings. The Kier molecular flexibility index (Phi) is 5.55. The number of aromatic nitrogens is 1. The highest BCUT2D eigenvalue weighted by molar-refractivity contribution is 6.01. The summed E-state index contributed by atoms with van der Waals surface area (Å²) in [5, 5.41) is 8.65. The molecule has 9 heteroatoms. The van der Waals surface area contributed by atoms with Gasteiger partial charge in [0.15, 0.2) is 6.04 Å². The minimum atomic E-state index is -0.666. The van der Waals surface area contributed by atoms with Crippen LogP contribution in [-0.4, -0.2) is 68.6 Å². The Morgan fingerprint density at radius 3 is 2.75 bits per heavy atom. The summed E-state index contributed by atoms with van der Waals surface area (Å²) in [6.07, 6.45) is 2.60. The van der Waals surface area contributed by atoms with Gasteiger partial charge >= 0.3 is 11.9 Å². The summed E-state index contributed by atoms with van der Waals surface area (Å²) in [5.74, 6) is 0.499. The molecule has 0 saturated heterocycles. The Bertz CT molecular complexity index is 796. The molecular formula is C19H29N6O3+. The zero-order valence-electron chi connectivity index (χ0n) is 17.0. The van der Waals surface area contributed by atoms with Crippen LogP contribution in [0.2, 0.25) is 0 Å².